The summed E-state index contributed by atoms with van der Waals surface area (Å²) in [5.41, 5.74) is 1.15. The lowest BCUT2D eigenvalue weighted by Crippen LogP contribution is -2.19. The van der Waals surface area contributed by atoms with E-state index in [0.29, 0.717) is 5.69 Å². The van der Waals surface area contributed by atoms with Gasteiger partial charge < -0.3 is 5.32 Å². The van der Waals surface area contributed by atoms with Crippen LogP contribution in [0.4, 0.5) is 0 Å². The fraction of sp³-hybridized carbons (Fsp3) is 0.500. The molecule has 1 amide bonds. The van der Waals surface area contributed by atoms with Crippen molar-refractivity contribution >= 4 is 5.91 Å². The molecule has 1 rings (SSSR count). The first-order chi connectivity index (χ1) is 5.16. The summed E-state index contributed by atoms with van der Waals surface area (Å²) in [6, 6.07) is 0. The maximum atomic E-state index is 11.0. The van der Waals surface area contributed by atoms with Crippen LogP contribution in [-0.2, 0) is 7.05 Å². The zero-order valence-corrected chi connectivity index (χ0v) is 6.75. The second-order valence-electron chi connectivity index (χ2n) is 2.23. The molecule has 11 heavy (non-hydrogen) atoms. The van der Waals surface area contributed by atoms with Crippen LogP contribution in [0.2, 0.25) is 0 Å². The van der Waals surface area contributed by atoms with Crippen LogP contribution in [0.3, 0.4) is 0 Å². The lowest BCUT2D eigenvalue weighted by molar-refractivity contribution is 0.0957. The van der Waals surface area contributed by atoms with Gasteiger partial charge in [-0.15, -0.1) is 5.10 Å². The molecule has 60 valence electrons. The van der Waals surface area contributed by atoms with Gasteiger partial charge >= 0.3 is 0 Å². The Morgan fingerprint density at radius 3 is 2.64 bits per heavy atom. The van der Waals surface area contributed by atoms with E-state index in [1.54, 1.807) is 25.7 Å². The van der Waals surface area contributed by atoms with Crippen molar-refractivity contribution in [3.63, 3.8) is 0 Å². The van der Waals surface area contributed by atoms with Gasteiger partial charge in [-0.05, 0) is 6.92 Å². The molecular weight excluding hydrogens is 144 g/mol. The lowest BCUT2D eigenvalue weighted by atomic mass is 10.3. The Hall–Kier alpha value is -1.39. The number of hydrogen-bond donors (Lipinski definition) is 1. The average Bonchev–Trinajstić information content (AvgIpc) is 2.32. The van der Waals surface area contributed by atoms with Crippen LogP contribution in [0.25, 0.3) is 0 Å². The summed E-state index contributed by atoms with van der Waals surface area (Å²) < 4.78 is 1.56. The molecule has 0 unspecified atom stereocenters. The first kappa shape index (κ1) is 7.71. The first-order valence-corrected chi connectivity index (χ1v) is 3.25. The zero-order valence-electron chi connectivity index (χ0n) is 6.75. The molecule has 5 heteroatoms. The van der Waals surface area contributed by atoms with Gasteiger partial charge in [0, 0.05) is 14.1 Å². The third-order valence-corrected chi connectivity index (χ3v) is 1.55. The molecule has 0 aliphatic heterocycles. The largest absolute Gasteiger partial charge is 0.354 e. The third-order valence-electron chi connectivity index (χ3n) is 1.55. The second-order valence-corrected chi connectivity index (χ2v) is 2.23. The quantitative estimate of drug-likeness (QED) is 0.592. The third kappa shape index (κ3) is 1.21. The van der Waals surface area contributed by atoms with Crippen LogP contribution in [-0.4, -0.2) is 27.9 Å². The Morgan fingerprint density at radius 1 is 1.64 bits per heavy atom. The highest BCUT2D eigenvalue weighted by atomic mass is 16.1. The van der Waals surface area contributed by atoms with Crippen molar-refractivity contribution in [1.82, 2.24) is 20.3 Å². The summed E-state index contributed by atoms with van der Waals surface area (Å²) in [5.74, 6) is -0.199. The molecule has 1 N–H and O–H groups in total. The molecule has 0 aromatic carbocycles. The van der Waals surface area contributed by atoms with E-state index in [2.05, 4.69) is 15.6 Å². The number of hydrogen-bond acceptors (Lipinski definition) is 3. The predicted molar refractivity (Wildman–Crippen MR) is 39.1 cm³/mol. The highest BCUT2D eigenvalue weighted by Crippen LogP contribution is 1.99. The number of carbonyl (C=O) groups is 1. The van der Waals surface area contributed by atoms with Gasteiger partial charge in [0.2, 0.25) is 0 Å². The molecule has 0 aliphatic rings. The minimum absolute atomic E-state index is 0.199. The van der Waals surface area contributed by atoms with Gasteiger partial charge in [-0.3, -0.25) is 9.48 Å². The van der Waals surface area contributed by atoms with Crippen LogP contribution >= 0.6 is 0 Å². The molecule has 1 heterocycles. The smallest absolute Gasteiger partial charge is 0.273 e. The maximum absolute atomic E-state index is 11.0. The monoisotopic (exact) mass is 154 g/mol. The Bertz CT molecular complexity index is 278. The summed E-state index contributed by atoms with van der Waals surface area (Å²) in [5, 5.41) is 9.86. The van der Waals surface area contributed by atoms with Crippen molar-refractivity contribution in [1.29, 1.82) is 0 Å². The minimum Gasteiger partial charge on any atom is -0.354 e. The fourth-order valence-electron chi connectivity index (χ4n) is 0.733. The van der Waals surface area contributed by atoms with Crippen molar-refractivity contribution in [3.05, 3.63) is 11.4 Å². The van der Waals surface area contributed by atoms with E-state index in [0.717, 1.165) is 5.69 Å². The number of aryl methyl sites for hydroxylation is 1. The van der Waals surface area contributed by atoms with Crippen LogP contribution in [0.1, 0.15) is 16.2 Å². The number of amides is 1. The van der Waals surface area contributed by atoms with E-state index >= 15 is 0 Å². The molecular formula is C6H10N4O. The number of carbonyl (C=O) groups excluding carboxylic acids is 1. The van der Waals surface area contributed by atoms with Crippen molar-refractivity contribution in [2.75, 3.05) is 7.05 Å². The van der Waals surface area contributed by atoms with Gasteiger partial charge in [0.05, 0.1) is 5.69 Å². The second kappa shape index (κ2) is 2.69. The molecule has 1 aromatic rings. The minimum atomic E-state index is -0.199. The summed E-state index contributed by atoms with van der Waals surface area (Å²) in [4.78, 5) is 11.0. The van der Waals surface area contributed by atoms with Crippen LogP contribution in [0.15, 0.2) is 0 Å². The molecule has 0 aliphatic carbocycles. The molecule has 0 atom stereocenters. The van der Waals surface area contributed by atoms with E-state index in [1.807, 2.05) is 0 Å². The first-order valence-electron chi connectivity index (χ1n) is 3.25. The Morgan fingerprint density at radius 2 is 2.27 bits per heavy atom. The Kier molecular flexibility index (Phi) is 1.89. The normalized spacial score (nSPS) is 9.73. The van der Waals surface area contributed by atoms with Gasteiger partial charge in [0.1, 0.15) is 0 Å². The number of nitrogens with zero attached hydrogens (tertiary/aromatic N) is 3. The molecule has 0 spiro atoms. The topological polar surface area (TPSA) is 59.8 Å². The van der Waals surface area contributed by atoms with Gasteiger partial charge in [-0.2, -0.15) is 0 Å². The number of nitrogens with one attached hydrogen (secondary N) is 1. The van der Waals surface area contributed by atoms with Gasteiger partial charge in [0.15, 0.2) is 5.69 Å². The van der Waals surface area contributed by atoms with Crippen LogP contribution < -0.4 is 5.32 Å². The molecule has 0 saturated heterocycles. The van der Waals surface area contributed by atoms with Crippen molar-refractivity contribution < 1.29 is 4.79 Å². The van der Waals surface area contributed by atoms with Crippen LogP contribution in [0.5, 0.6) is 0 Å². The van der Waals surface area contributed by atoms with E-state index in [-0.39, 0.29) is 5.91 Å². The molecule has 1 aromatic heterocycles. The standard InChI is InChI=1S/C6H10N4O/c1-4-5(6(11)7-2)8-9-10(4)3/h1-3H3,(H,7,11). The summed E-state index contributed by atoms with van der Waals surface area (Å²) in [6.07, 6.45) is 0. The average molecular weight is 154 g/mol. The Balaban J connectivity index is 3.04. The van der Waals surface area contributed by atoms with Crippen LogP contribution in [0, 0.1) is 6.92 Å². The van der Waals surface area contributed by atoms with E-state index in [9.17, 15) is 4.79 Å². The zero-order chi connectivity index (χ0) is 8.43. The molecule has 0 radical (unpaired) electrons. The number of aromatic nitrogens is 3. The lowest BCUT2D eigenvalue weighted by Gasteiger charge is -1.94. The highest BCUT2D eigenvalue weighted by Gasteiger charge is 2.12. The van der Waals surface area contributed by atoms with Crippen molar-refractivity contribution in [2.45, 2.75) is 6.92 Å². The maximum Gasteiger partial charge on any atom is 0.273 e. The highest BCUT2D eigenvalue weighted by molar-refractivity contribution is 5.92. The van der Waals surface area contributed by atoms with Crippen molar-refractivity contribution in [2.24, 2.45) is 7.05 Å². The summed E-state index contributed by atoms with van der Waals surface area (Å²) >= 11 is 0. The molecule has 0 saturated carbocycles. The van der Waals surface area contributed by atoms with Gasteiger partial charge in [0.25, 0.3) is 5.91 Å². The van der Waals surface area contributed by atoms with E-state index < -0.39 is 0 Å². The molecule has 0 fully saturated rings. The van der Waals surface area contributed by atoms with Gasteiger partial charge in [-0.25, -0.2) is 0 Å². The molecule has 5 nitrogen and oxygen atoms in total. The Labute approximate surface area is 64.4 Å². The SMILES string of the molecule is CNC(=O)c1nnn(C)c1C. The molecule has 0 bridgehead atoms. The predicted octanol–water partition coefficient (Wildman–Crippen LogP) is -0.517. The summed E-state index contributed by atoms with van der Waals surface area (Å²) in [6.45, 7) is 1.80. The van der Waals surface area contributed by atoms with Gasteiger partial charge in [-0.1, -0.05) is 5.21 Å². The van der Waals surface area contributed by atoms with E-state index in [4.69, 9.17) is 0 Å². The number of rotatable bonds is 1. The van der Waals surface area contributed by atoms with Crippen molar-refractivity contribution in [3.8, 4) is 0 Å². The fourth-order valence-corrected chi connectivity index (χ4v) is 0.733. The van der Waals surface area contributed by atoms with E-state index in [1.165, 1.54) is 0 Å². The summed E-state index contributed by atoms with van der Waals surface area (Å²) in [7, 11) is 3.31.